The summed E-state index contributed by atoms with van der Waals surface area (Å²) < 4.78 is 1.87. The van der Waals surface area contributed by atoms with E-state index in [1.165, 1.54) is 0 Å². The van der Waals surface area contributed by atoms with Crippen LogP contribution in [-0.2, 0) is 4.79 Å². The molecule has 2 saturated heterocycles. The molecular formula is C18H24N4O2. The van der Waals surface area contributed by atoms with Gasteiger partial charge in [0.15, 0.2) is 0 Å². The second-order valence-corrected chi connectivity index (χ2v) is 7.33. The number of nitrogens with one attached hydrogen (secondary N) is 2. The maximum absolute atomic E-state index is 12.8. The largest absolute Gasteiger partial charge is 0.342 e. The first kappa shape index (κ1) is 15.4. The SMILES string of the molecule is CC1(C(=O)N2CCC(n3c(=O)[nH]c4ccccc43)CC2)CCNC1. The van der Waals surface area contributed by atoms with Crippen LogP contribution in [-0.4, -0.2) is 46.5 Å². The number of imidazole rings is 1. The van der Waals surface area contributed by atoms with E-state index < -0.39 is 0 Å². The predicted octanol–water partition coefficient (Wildman–Crippen LogP) is 1.49. The first-order valence-corrected chi connectivity index (χ1v) is 8.78. The maximum atomic E-state index is 12.8. The van der Waals surface area contributed by atoms with Crippen LogP contribution in [0.25, 0.3) is 11.0 Å². The Morgan fingerprint density at radius 1 is 1.25 bits per heavy atom. The molecule has 1 atom stereocenters. The van der Waals surface area contributed by atoms with Crippen molar-refractivity contribution in [3.63, 3.8) is 0 Å². The number of carbonyl (C=O) groups excluding carboxylic acids is 1. The van der Waals surface area contributed by atoms with Crippen molar-refractivity contribution in [2.24, 2.45) is 5.41 Å². The smallest absolute Gasteiger partial charge is 0.326 e. The van der Waals surface area contributed by atoms with Crippen molar-refractivity contribution in [1.82, 2.24) is 19.8 Å². The summed E-state index contributed by atoms with van der Waals surface area (Å²) >= 11 is 0. The van der Waals surface area contributed by atoms with Crippen molar-refractivity contribution in [2.45, 2.75) is 32.2 Å². The van der Waals surface area contributed by atoms with E-state index in [1.807, 2.05) is 33.7 Å². The predicted molar refractivity (Wildman–Crippen MR) is 93.0 cm³/mol. The molecule has 0 saturated carbocycles. The zero-order valence-corrected chi connectivity index (χ0v) is 14.0. The first-order valence-electron chi connectivity index (χ1n) is 8.78. The summed E-state index contributed by atoms with van der Waals surface area (Å²) in [5, 5.41) is 3.29. The number of aromatic nitrogens is 2. The number of hydrogen-bond acceptors (Lipinski definition) is 3. The third-order valence-corrected chi connectivity index (χ3v) is 5.63. The van der Waals surface area contributed by atoms with Gasteiger partial charge in [-0.25, -0.2) is 4.79 Å². The quantitative estimate of drug-likeness (QED) is 0.877. The van der Waals surface area contributed by atoms with Crippen LogP contribution >= 0.6 is 0 Å². The summed E-state index contributed by atoms with van der Waals surface area (Å²) in [4.78, 5) is 30.1. The molecule has 1 aromatic heterocycles. The zero-order valence-electron chi connectivity index (χ0n) is 14.0. The van der Waals surface area contributed by atoms with E-state index in [0.717, 1.165) is 56.5 Å². The molecule has 0 bridgehead atoms. The molecule has 6 heteroatoms. The number of piperidine rings is 1. The molecular weight excluding hydrogens is 304 g/mol. The molecule has 0 spiro atoms. The Hall–Kier alpha value is -2.08. The van der Waals surface area contributed by atoms with Crippen molar-refractivity contribution in [3.8, 4) is 0 Å². The number of nitrogens with zero attached hydrogens (tertiary/aromatic N) is 2. The van der Waals surface area contributed by atoms with E-state index in [9.17, 15) is 9.59 Å². The highest BCUT2D eigenvalue weighted by molar-refractivity contribution is 5.83. The molecule has 3 heterocycles. The molecule has 1 aromatic carbocycles. The van der Waals surface area contributed by atoms with Crippen LogP contribution in [0.5, 0.6) is 0 Å². The molecule has 0 aliphatic carbocycles. The summed E-state index contributed by atoms with van der Waals surface area (Å²) in [6.45, 7) is 5.21. The average Bonchev–Trinajstić information content (AvgIpc) is 3.18. The molecule has 4 rings (SSSR count). The minimum Gasteiger partial charge on any atom is -0.342 e. The minimum absolute atomic E-state index is 0.0482. The van der Waals surface area contributed by atoms with Crippen LogP contribution in [0.2, 0.25) is 0 Å². The molecule has 2 N–H and O–H groups in total. The van der Waals surface area contributed by atoms with E-state index in [4.69, 9.17) is 0 Å². The number of fused-ring (bicyclic) bond motifs is 1. The number of hydrogen-bond donors (Lipinski definition) is 2. The Bertz CT molecular complexity index is 808. The number of carbonyl (C=O) groups is 1. The van der Waals surface area contributed by atoms with Crippen LogP contribution in [0.15, 0.2) is 29.1 Å². The van der Waals surface area contributed by atoms with Gasteiger partial charge in [0, 0.05) is 25.7 Å². The van der Waals surface area contributed by atoms with Crippen LogP contribution in [0.4, 0.5) is 0 Å². The number of benzene rings is 1. The van der Waals surface area contributed by atoms with E-state index in [1.54, 1.807) is 0 Å². The molecule has 1 amide bonds. The zero-order chi connectivity index (χ0) is 16.7. The van der Waals surface area contributed by atoms with Crippen molar-refractivity contribution < 1.29 is 4.79 Å². The number of para-hydroxylation sites is 2. The molecule has 0 radical (unpaired) electrons. The Morgan fingerprint density at radius 2 is 2.00 bits per heavy atom. The highest BCUT2D eigenvalue weighted by atomic mass is 16.2. The van der Waals surface area contributed by atoms with Crippen LogP contribution < -0.4 is 11.0 Å². The van der Waals surface area contributed by atoms with Crippen LogP contribution in [0, 0.1) is 5.41 Å². The lowest BCUT2D eigenvalue weighted by molar-refractivity contribution is -0.141. The van der Waals surface area contributed by atoms with Gasteiger partial charge in [-0.05, 0) is 44.9 Å². The van der Waals surface area contributed by atoms with E-state index in [2.05, 4.69) is 17.2 Å². The minimum atomic E-state index is -0.259. The summed E-state index contributed by atoms with van der Waals surface area (Å²) in [5.74, 6) is 0.261. The number of H-pyrrole nitrogens is 1. The van der Waals surface area contributed by atoms with Gasteiger partial charge in [0.05, 0.1) is 16.4 Å². The molecule has 128 valence electrons. The second-order valence-electron chi connectivity index (χ2n) is 7.33. The van der Waals surface area contributed by atoms with Gasteiger partial charge in [-0.1, -0.05) is 12.1 Å². The first-order chi connectivity index (χ1) is 11.6. The Morgan fingerprint density at radius 3 is 2.71 bits per heavy atom. The highest BCUT2D eigenvalue weighted by Crippen LogP contribution is 2.31. The van der Waals surface area contributed by atoms with Gasteiger partial charge >= 0.3 is 5.69 Å². The van der Waals surface area contributed by atoms with Gasteiger partial charge in [0.2, 0.25) is 5.91 Å². The Balaban J connectivity index is 1.51. The fourth-order valence-corrected chi connectivity index (χ4v) is 4.15. The van der Waals surface area contributed by atoms with Gasteiger partial charge in [0.25, 0.3) is 0 Å². The number of rotatable bonds is 2. The maximum Gasteiger partial charge on any atom is 0.326 e. The molecule has 2 aromatic rings. The second kappa shape index (κ2) is 5.77. The van der Waals surface area contributed by atoms with Gasteiger partial charge < -0.3 is 15.2 Å². The summed E-state index contributed by atoms with van der Waals surface area (Å²) in [6, 6.07) is 7.96. The molecule has 2 fully saturated rings. The summed E-state index contributed by atoms with van der Waals surface area (Å²) in [5.41, 5.74) is 1.53. The van der Waals surface area contributed by atoms with E-state index in [-0.39, 0.29) is 23.1 Å². The third kappa shape index (κ3) is 2.45. The highest BCUT2D eigenvalue weighted by Gasteiger charge is 2.40. The lowest BCUT2D eigenvalue weighted by Gasteiger charge is -2.37. The van der Waals surface area contributed by atoms with Gasteiger partial charge in [-0.15, -0.1) is 0 Å². The van der Waals surface area contributed by atoms with Crippen molar-refractivity contribution in [2.75, 3.05) is 26.2 Å². The third-order valence-electron chi connectivity index (χ3n) is 5.63. The van der Waals surface area contributed by atoms with Gasteiger partial charge in [-0.3, -0.25) is 9.36 Å². The van der Waals surface area contributed by atoms with Crippen molar-refractivity contribution >= 4 is 16.9 Å². The molecule has 2 aliphatic rings. The standard InChI is InChI=1S/C18H24N4O2/c1-18(8-9-19-12-18)16(23)21-10-6-13(7-11-21)22-15-5-3-2-4-14(15)20-17(22)24/h2-5,13,19H,6-12H2,1H3,(H,20,24). The number of amides is 1. The topological polar surface area (TPSA) is 70.1 Å². The Kier molecular flexibility index (Phi) is 3.72. The monoisotopic (exact) mass is 328 g/mol. The van der Waals surface area contributed by atoms with Gasteiger partial charge in [0.1, 0.15) is 0 Å². The molecule has 24 heavy (non-hydrogen) atoms. The van der Waals surface area contributed by atoms with E-state index >= 15 is 0 Å². The van der Waals surface area contributed by atoms with Crippen LogP contribution in [0.1, 0.15) is 32.2 Å². The fraction of sp³-hybridized carbons (Fsp3) is 0.556. The van der Waals surface area contributed by atoms with Crippen molar-refractivity contribution in [1.29, 1.82) is 0 Å². The van der Waals surface area contributed by atoms with Crippen LogP contribution in [0.3, 0.4) is 0 Å². The number of aromatic amines is 1. The summed E-state index contributed by atoms with van der Waals surface area (Å²) in [7, 11) is 0. The normalized spacial score (nSPS) is 25.5. The molecule has 6 nitrogen and oxygen atoms in total. The Labute approximate surface area is 140 Å². The number of likely N-dealkylation sites (tertiary alicyclic amines) is 1. The van der Waals surface area contributed by atoms with Crippen molar-refractivity contribution in [3.05, 3.63) is 34.7 Å². The fourth-order valence-electron chi connectivity index (χ4n) is 4.15. The lowest BCUT2D eigenvalue weighted by Crippen LogP contribution is -2.47. The van der Waals surface area contributed by atoms with Gasteiger partial charge in [-0.2, -0.15) is 0 Å². The summed E-state index contributed by atoms with van der Waals surface area (Å²) in [6.07, 6.45) is 2.57. The van der Waals surface area contributed by atoms with E-state index in [0.29, 0.717) is 0 Å². The molecule has 1 unspecified atom stereocenters. The average molecular weight is 328 g/mol. The molecule has 2 aliphatic heterocycles. The lowest BCUT2D eigenvalue weighted by atomic mass is 9.87.